The van der Waals surface area contributed by atoms with Gasteiger partial charge < -0.3 is 20.5 Å². The van der Waals surface area contributed by atoms with Crippen LogP contribution in [0.3, 0.4) is 0 Å². The lowest BCUT2D eigenvalue weighted by atomic mass is 9.88. The van der Waals surface area contributed by atoms with Gasteiger partial charge in [0.2, 0.25) is 0 Å². The van der Waals surface area contributed by atoms with Crippen molar-refractivity contribution >= 4 is 23.1 Å². The van der Waals surface area contributed by atoms with Gasteiger partial charge in [0.15, 0.2) is 0 Å². The summed E-state index contributed by atoms with van der Waals surface area (Å²) < 4.78 is 5.90. The highest BCUT2D eigenvalue weighted by atomic mass is 35.5. The number of hydrogen-bond acceptors (Lipinski definition) is 5. The summed E-state index contributed by atoms with van der Waals surface area (Å²) in [5.41, 5.74) is 14.4. The minimum atomic E-state index is -0.987. The molecule has 7 heteroatoms. The molecule has 0 saturated carbocycles. The topological polar surface area (TPSA) is 88.7 Å². The van der Waals surface area contributed by atoms with E-state index >= 15 is 0 Å². The highest BCUT2D eigenvalue weighted by molar-refractivity contribution is 6.30. The van der Waals surface area contributed by atoms with Gasteiger partial charge in [0.05, 0.1) is 12.3 Å². The molecule has 1 saturated heterocycles. The van der Waals surface area contributed by atoms with Crippen molar-refractivity contribution in [3.05, 3.63) is 99.3 Å². The Balaban J connectivity index is 1.13. The average molecular weight is 546 g/mol. The molecule has 0 radical (unpaired) electrons. The Morgan fingerprint density at radius 2 is 1.79 bits per heavy atom. The van der Waals surface area contributed by atoms with E-state index in [1.807, 2.05) is 42.6 Å². The summed E-state index contributed by atoms with van der Waals surface area (Å²) in [5.74, 6) is -0.185. The fraction of sp³-hybridized carbons (Fsp3) is 0.375. The minimum Gasteiger partial charge on any atom is -0.494 e. The fourth-order valence-electron chi connectivity index (χ4n) is 5.62. The van der Waals surface area contributed by atoms with Crippen LogP contribution in [0.2, 0.25) is 5.02 Å². The molecule has 1 aliphatic carbocycles. The number of carboxylic acid groups (broad SMARTS) is 1. The number of piperidine rings is 1. The van der Waals surface area contributed by atoms with Crippen molar-refractivity contribution in [2.45, 2.75) is 51.0 Å². The van der Waals surface area contributed by atoms with Gasteiger partial charge in [-0.25, -0.2) is 0 Å². The SMILES string of the molecule is NC(Cc1ccc(OCCCCN2CCC(=C3c4ccc(Cl)cc4CCc4cccnc43)CC2)cc1)C(=O)O. The summed E-state index contributed by atoms with van der Waals surface area (Å²) in [7, 11) is 0. The van der Waals surface area contributed by atoms with Gasteiger partial charge in [-0.05, 0) is 104 Å². The number of aryl methyl sites for hydroxylation is 2. The number of carboxylic acids is 1. The minimum absolute atomic E-state index is 0.313. The number of carbonyl (C=O) groups is 1. The summed E-state index contributed by atoms with van der Waals surface area (Å²) in [6.07, 6.45) is 8.40. The molecule has 3 aromatic rings. The standard InChI is InChI=1S/C32H36ClN3O3/c33-26-9-12-28-25(21-26)8-7-24-4-3-15-35-31(24)30(28)23-13-17-36(18-14-23)16-1-2-19-39-27-10-5-22(6-11-27)20-29(34)32(37)38/h3-6,9-12,15,21,29H,1-2,7-8,13-14,16-20,34H2,(H,37,38). The van der Waals surface area contributed by atoms with Crippen LogP contribution in [-0.4, -0.2) is 53.2 Å². The van der Waals surface area contributed by atoms with Gasteiger partial charge in [-0.15, -0.1) is 0 Å². The Hall–Kier alpha value is -3.19. The molecule has 1 atom stereocenters. The number of nitrogens with two attached hydrogens (primary N) is 1. The van der Waals surface area contributed by atoms with Crippen LogP contribution in [-0.2, 0) is 24.1 Å². The van der Waals surface area contributed by atoms with Gasteiger partial charge in [-0.1, -0.05) is 41.4 Å². The van der Waals surface area contributed by atoms with Crippen LogP contribution < -0.4 is 10.5 Å². The first-order chi connectivity index (χ1) is 19.0. The van der Waals surface area contributed by atoms with E-state index in [9.17, 15) is 4.79 Å². The molecule has 6 nitrogen and oxygen atoms in total. The molecule has 1 aromatic heterocycles. The fourth-order valence-corrected chi connectivity index (χ4v) is 5.82. The van der Waals surface area contributed by atoms with E-state index in [-0.39, 0.29) is 0 Å². The lowest BCUT2D eigenvalue weighted by Crippen LogP contribution is -2.32. The number of aromatic nitrogens is 1. The normalized spacial score (nSPS) is 16.3. The van der Waals surface area contributed by atoms with Gasteiger partial charge in [0, 0.05) is 29.9 Å². The number of hydrogen-bond donors (Lipinski definition) is 2. The highest BCUT2D eigenvalue weighted by Gasteiger charge is 2.25. The molecule has 2 aliphatic rings. The number of likely N-dealkylation sites (tertiary alicyclic amines) is 1. The Morgan fingerprint density at radius 1 is 1.03 bits per heavy atom. The van der Waals surface area contributed by atoms with E-state index < -0.39 is 12.0 Å². The third kappa shape index (κ3) is 6.88. The van der Waals surface area contributed by atoms with Crippen LogP contribution in [0.5, 0.6) is 5.75 Å². The van der Waals surface area contributed by atoms with Crippen LogP contribution in [0.4, 0.5) is 0 Å². The maximum Gasteiger partial charge on any atom is 0.320 e. The van der Waals surface area contributed by atoms with E-state index in [0.717, 1.165) is 80.2 Å². The predicted molar refractivity (Wildman–Crippen MR) is 155 cm³/mol. The number of benzene rings is 2. The molecule has 0 amide bonds. The first-order valence-corrected chi connectivity index (χ1v) is 14.2. The molecule has 2 heterocycles. The molecule has 204 valence electrons. The smallest absolute Gasteiger partial charge is 0.320 e. The molecule has 1 aliphatic heterocycles. The number of halogens is 1. The summed E-state index contributed by atoms with van der Waals surface area (Å²) >= 11 is 6.36. The third-order valence-electron chi connectivity index (χ3n) is 7.78. The number of nitrogens with zero attached hydrogens (tertiary/aromatic N) is 2. The lowest BCUT2D eigenvalue weighted by Gasteiger charge is -2.30. The predicted octanol–water partition coefficient (Wildman–Crippen LogP) is 5.54. The number of rotatable bonds is 9. The molecule has 5 rings (SSSR count). The van der Waals surface area contributed by atoms with Gasteiger partial charge in [-0.2, -0.15) is 0 Å². The summed E-state index contributed by atoms with van der Waals surface area (Å²) in [6, 6.07) is 17.2. The Kier molecular flexibility index (Phi) is 8.97. The quantitative estimate of drug-likeness (QED) is 0.343. The molecular weight excluding hydrogens is 510 g/mol. The zero-order valence-electron chi connectivity index (χ0n) is 22.2. The Bertz CT molecular complexity index is 1330. The average Bonchev–Trinajstić information content (AvgIpc) is 3.10. The van der Waals surface area contributed by atoms with Crippen molar-refractivity contribution in [1.29, 1.82) is 0 Å². The van der Waals surface area contributed by atoms with Gasteiger partial charge in [0.25, 0.3) is 0 Å². The molecule has 2 aromatic carbocycles. The van der Waals surface area contributed by atoms with Gasteiger partial charge >= 0.3 is 5.97 Å². The van der Waals surface area contributed by atoms with Crippen molar-refractivity contribution in [1.82, 2.24) is 9.88 Å². The molecular formula is C32H36ClN3O3. The maximum atomic E-state index is 10.9. The van der Waals surface area contributed by atoms with Crippen molar-refractivity contribution in [3.8, 4) is 5.75 Å². The molecule has 39 heavy (non-hydrogen) atoms. The van der Waals surface area contributed by atoms with Crippen molar-refractivity contribution in [3.63, 3.8) is 0 Å². The van der Waals surface area contributed by atoms with E-state index in [4.69, 9.17) is 32.2 Å². The van der Waals surface area contributed by atoms with Crippen LogP contribution in [0.1, 0.15) is 53.6 Å². The van der Waals surface area contributed by atoms with Gasteiger partial charge in [0.1, 0.15) is 11.8 Å². The highest BCUT2D eigenvalue weighted by Crippen LogP contribution is 2.38. The second-order valence-electron chi connectivity index (χ2n) is 10.5. The van der Waals surface area contributed by atoms with Crippen LogP contribution in [0, 0.1) is 0 Å². The molecule has 0 bridgehead atoms. The monoisotopic (exact) mass is 545 g/mol. The maximum absolute atomic E-state index is 10.9. The van der Waals surface area contributed by atoms with Crippen LogP contribution in [0.25, 0.3) is 5.57 Å². The Labute approximate surface area is 235 Å². The van der Waals surface area contributed by atoms with Crippen molar-refractivity contribution < 1.29 is 14.6 Å². The molecule has 1 fully saturated rings. The van der Waals surface area contributed by atoms with E-state index in [0.29, 0.717) is 13.0 Å². The summed E-state index contributed by atoms with van der Waals surface area (Å²) in [5, 5.41) is 9.76. The van der Waals surface area contributed by atoms with Crippen molar-refractivity contribution in [2.75, 3.05) is 26.2 Å². The van der Waals surface area contributed by atoms with E-state index in [1.54, 1.807) is 0 Å². The largest absolute Gasteiger partial charge is 0.494 e. The summed E-state index contributed by atoms with van der Waals surface area (Å²) in [6.45, 7) is 3.85. The van der Waals surface area contributed by atoms with Crippen LogP contribution >= 0.6 is 11.6 Å². The second kappa shape index (κ2) is 12.8. The molecule has 0 spiro atoms. The number of pyridine rings is 1. The lowest BCUT2D eigenvalue weighted by molar-refractivity contribution is -0.138. The third-order valence-corrected chi connectivity index (χ3v) is 8.01. The first kappa shape index (κ1) is 27.4. The zero-order valence-corrected chi connectivity index (χ0v) is 23.0. The number of fused-ring (bicyclic) bond motifs is 2. The van der Waals surface area contributed by atoms with Crippen molar-refractivity contribution in [2.24, 2.45) is 5.73 Å². The molecule has 3 N–H and O–H groups in total. The number of ether oxygens (including phenoxy) is 1. The molecule has 1 unspecified atom stereocenters. The van der Waals surface area contributed by atoms with Gasteiger partial charge in [-0.3, -0.25) is 9.78 Å². The number of unbranched alkanes of at least 4 members (excludes halogenated alkanes) is 1. The summed E-state index contributed by atoms with van der Waals surface area (Å²) in [4.78, 5) is 18.3. The van der Waals surface area contributed by atoms with Crippen LogP contribution in [0.15, 0.2) is 66.4 Å². The van der Waals surface area contributed by atoms with E-state index in [1.165, 1.54) is 27.8 Å². The number of aliphatic carboxylic acids is 1. The van der Waals surface area contributed by atoms with E-state index in [2.05, 4.69) is 23.1 Å². The Morgan fingerprint density at radius 3 is 2.56 bits per heavy atom. The first-order valence-electron chi connectivity index (χ1n) is 13.9. The zero-order chi connectivity index (χ0) is 27.2. The second-order valence-corrected chi connectivity index (χ2v) is 10.9.